The Morgan fingerprint density at radius 2 is 1.70 bits per heavy atom. The average molecular weight is 395 g/mol. The molecule has 3 rings (SSSR count). The van der Waals surface area contributed by atoms with E-state index in [2.05, 4.69) is 15.0 Å². The number of para-hydroxylation sites is 2. The maximum absolute atomic E-state index is 13.8. The average Bonchev–Trinajstić information content (AvgIpc) is 2.65. The Morgan fingerprint density at radius 1 is 1.04 bits per heavy atom. The van der Waals surface area contributed by atoms with E-state index in [1.165, 1.54) is 12.1 Å². The Hall–Kier alpha value is -2.32. The largest absolute Gasteiger partial charge is 0.433 e. The molecule has 0 amide bonds. The van der Waals surface area contributed by atoms with Gasteiger partial charge in [-0.15, -0.1) is 0 Å². The maximum atomic E-state index is 13.8. The van der Waals surface area contributed by atoms with Gasteiger partial charge in [0.2, 0.25) is 0 Å². The number of hydrogen-bond acceptors (Lipinski definition) is 3. The lowest BCUT2D eigenvalue weighted by molar-refractivity contribution is -0.0493. The molecular weight excluding hydrogens is 375 g/mol. The molecule has 1 heterocycles. The molecule has 144 valence electrons. The molecule has 0 aliphatic carbocycles. The second kappa shape index (κ2) is 9.05. The number of nitrogens with zero attached hydrogens (tertiary/aromatic N) is 2. The van der Waals surface area contributed by atoms with E-state index >= 15 is 0 Å². The Morgan fingerprint density at radius 3 is 2.41 bits per heavy atom. The first-order valence-corrected chi connectivity index (χ1v) is 8.99. The summed E-state index contributed by atoms with van der Waals surface area (Å²) in [4.78, 5) is 4.12. The smallest absolute Gasteiger partial charge is 0.387 e. The molecule has 0 radical (unpaired) electrons. The van der Waals surface area contributed by atoms with Gasteiger partial charge < -0.3 is 15.0 Å². The fraction of sp³-hybridized carbons (Fsp3) is 0.316. The fourth-order valence-corrected chi connectivity index (χ4v) is 3.23. The van der Waals surface area contributed by atoms with Gasteiger partial charge in [-0.1, -0.05) is 30.3 Å². The molecule has 0 atom stereocenters. The topological polar surface area (TPSA) is 27.7 Å². The van der Waals surface area contributed by atoms with E-state index in [1.54, 1.807) is 30.3 Å². The number of ether oxygens (including phenoxy) is 1. The van der Waals surface area contributed by atoms with Crippen molar-refractivity contribution in [2.45, 2.75) is 13.2 Å². The van der Waals surface area contributed by atoms with E-state index in [0.29, 0.717) is 36.0 Å². The van der Waals surface area contributed by atoms with Crippen molar-refractivity contribution in [3.05, 3.63) is 59.9 Å². The fourth-order valence-electron chi connectivity index (χ4n) is 2.94. The Labute approximate surface area is 161 Å². The molecule has 4 nitrogen and oxygen atoms in total. The lowest BCUT2D eigenvalue weighted by Crippen LogP contribution is -2.49. The second-order valence-electron chi connectivity index (χ2n) is 6.16. The summed E-state index contributed by atoms with van der Waals surface area (Å²) in [7, 11) is 0. The van der Waals surface area contributed by atoms with Gasteiger partial charge in [-0.05, 0) is 30.4 Å². The number of alkyl halides is 2. The van der Waals surface area contributed by atoms with Crippen LogP contribution in [0, 0.1) is 5.82 Å². The van der Waals surface area contributed by atoms with Crippen LogP contribution >= 0.6 is 12.2 Å². The number of nitrogens with one attached hydrogen (secondary N) is 1. The van der Waals surface area contributed by atoms with Gasteiger partial charge in [-0.3, -0.25) is 4.90 Å². The highest BCUT2D eigenvalue weighted by Crippen LogP contribution is 2.26. The quantitative estimate of drug-likeness (QED) is 0.775. The summed E-state index contributed by atoms with van der Waals surface area (Å²) in [5.74, 6) is -0.152. The highest BCUT2D eigenvalue weighted by molar-refractivity contribution is 7.80. The number of benzene rings is 2. The number of halogens is 3. The molecule has 0 aromatic heterocycles. The zero-order chi connectivity index (χ0) is 19.2. The Bertz CT molecular complexity index is 782. The molecule has 2 aromatic rings. The first-order valence-electron chi connectivity index (χ1n) is 8.58. The van der Waals surface area contributed by atoms with Gasteiger partial charge in [0.05, 0.1) is 5.69 Å². The number of rotatable bonds is 5. The standard InChI is InChI=1S/C19H20F3N3OS/c20-15-6-2-1-5-14(15)13-24-9-11-25(12-10-24)19(27)23-16-7-3-4-8-17(16)26-18(21)22/h1-8,18H,9-13H2,(H,23,27). The molecule has 1 saturated heterocycles. The van der Waals surface area contributed by atoms with Crippen LogP contribution in [-0.2, 0) is 6.54 Å². The molecule has 8 heteroatoms. The van der Waals surface area contributed by atoms with Crippen molar-refractivity contribution in [2.24, 2.45) is 0 Å². The van der Waals surface area contributed by atoms with Crippen LogP contribution in [0.25, 0.3) is 0 Å². The molecule has 1 N–H and O–H groups in total. The lowest BCUT2D eigenvalue weighted by Gasteiger charge is -2.36. The minimum Gasteiger partial charge on any atom is -0.433 e. The monoisotopic (exact) mass is 395 g/mol. The number of anilines is 1. The van der Waals surface area contributed by atoms with E-state index in [0.717, 1.165) is 13.1 Å². The summed E-state index contributed by atoms with van der Waals surface area (Å²) in [5, 5.41) is 3.43. The van der Waals surface area contributed by atoms with Crippen LogP contribution in [0.1, 0.15) is 5.56 Å². The Balaban J connectivity index is 1.54. The number of hydrogen-bond donors (Lipinski definition) is 1. The predicted octanol–water partition coefficient (Wildman–Crippen LogP) is 3.94. The lowest BCUT2D eigenvalue weighted by atomic mass is 10.2. The molecule has 0 spiro atoms. The molecular formula is C19H20F3N3OS. The minimum absolute atomic E-state index is 0.0491. The molecule has 27 heavy (non-hydrogen) atoms. The van der Waals surface area contributed by atoms with Crippen LogP contribution in [0.2, 0.25) is 0 Å². The predicted molar refractivity (Wildman–Crippen MR) is 103 cm³/mol. The van der Waals surface area contributed by atoms with E-state index in [4.69, 9.17) is 12.2 Å². The maximum Gasteiger partial charge on any atom is 0.387 e. The summed E-state index contributed by atoms with van der Waals surface area (Å²) in [6.07, 6.45) is 0. The summed E-state index contributed by atoms with van der Waals surface area (Å²) in [6, 6.07) is 13.2. The van der Waals surface area contributed by atoms with E-state index in [1.807, 2.05) is 11.0 Å². The first kappa shape index (κ1) is 19.4. The van der Waals surface area contributed by atoms with Gasteiger partial charge in [0.15, 0.2) is 5.11 Å². The van der Waals surface area contributed by atoms with Crippen LogP contribution in [-0.4, -0.2) is 47.7 Å². The Kier molecular flexibility index (Phi) is 6.52. The summed E-state index contributed by atoms with van der Waals surface area (Å²) >= 11 is 5.41. The molecule has 1 aliphatic rings. The highest BCUT2D eigenvalue weighted by Gasteiger charge is 2.20. The molecule has 0 saturated carbocycles. The van der Waals surface area contributed by atoms with Gasteiger partial charge in [0.1, 0.15) is 11.6 Å². The third-order valence-corrected chi connectivity index (χ3v) is 4.72. The summed E-state index contributed by atoms with van der Waals surface area (Å²) < 4.78 is 43.3. The van der Waals surface area contributed by atoms with Gasteiger partial charge in [0, 0.05) is 38.3 Å². The molecule has 0 bridgehead atoms. The minimum atomic E-state index is -2.90. The zero-order valence-electron chi connectivity index (χ0n) is 14.6. The van der Waals surface area contributed by atoms with E-state index in [9.17, 15) is 13.2 Å². The van der Waals surface area contributed by atoms with Crippen molar-refractivity contribution < 1.29 is 17.9 Å². The van der Waals surface area contributed by atoms with Crippen molar-refractivity contribution in [3.63, 3.8) is 0 Å². The van der Waals surface area contributed by atoms with Crippen molar-refractivity contribution >= 4 is 23.0 Å². The van der Waals surface area contributed by atoms with Crippen LogP contribution < -0.4 is 10.1 Å². The van der Waals surface area contributed by atoms with Crippen LogP contribution in [0.5, 0.6) is 5.75 Å². The molecule has 0 unspecified atom stereocenters. The van der Waals surface area contributed by atoms with Crippen molar-refractivity contribution in [2.75, 3.05) is 31.5 Å². The van der Waals surface area contributed by atoms with Gasteiger partial charge in [-0.25, -0.2) is 4.39 Å². The van der Waals surface area contributed by atoms with E-state index in [-0.39, 0.29) is 11.6 Å². The second-order valence-corrected chi connectivity index (χ2v) is 6.55. The molecule has 2 aromatic carbocycles. The van der Waals surface area contributed by atoms with Gasteiger partial charge >= 0.3 is 6.61 Å². The first-order chi connectivity index (χ1) is 13.0. The zero-order valence-corrected chi connectivity index (χ0v) is 15.4. The third-order valence-electron chi connectivity index (χ3n) is 4.36. The summed E-state index contributed by atoms with van der Waals surface area (Å²) in [6.45, 7) is 0.433. The van der Waals surface area contributed by atoms with Crippen molar-refractivity contribution in [3.8, 4) is 5.75 Å². The SMILES string of the molecule is Fc1ccccc1CN1CCN(C(=S)Nc2ccccc2OC(F)F)CC1. The van der Waals surface area contributed by atoms with Gasteiger partial charge in [0.25, 0.3) is 0 Å². The number of thiocarbonyl (C=S) groups is 1. The van der Waals surface area contributed by atoms with Crippen molar-refractivity contribution in [1.82, 2.24) is 9.80 Å². The molecule has 1 aliphatic heterocycles. The van der Waals surface area contributed by atoms with Crippen LogP contribution in [0.15, 0.2) is 48.5 Å². The normalized spacial score (nSPS) is 15.0. The van der Waals surface area contributed by atoms with Gasteiger partial charge in [-0.2, -0.15) is 8.78 Å². The van der Waals surface area contributed by atoms with Crippen LogP contribution in [0.3, 0.4) is 0 Å². The van der Waals surface area contributed by atoms with E-state index < -0.39 is 6.61 Å². The molecule has 1 fully saturated rings. The van der Waals surface area contributed by atoms with Crippen molar-refractivity contribution in [1.29, 1.82) is 0 Å². The summed E-state index contributed by atoms with van der Waals surface area (Å²) in [5.41, 5.74) is 1.07. The highest BCUT2D eigenvalue weighted by atomic mass is 32.1. The third kappa shape index (κ3) is 5.33. The number of piperazine rings is 1. The van der Waals surface area contributed by atoms with Crippen LogP contribution in [0.4, 0.5) is 18.9 Å².